The number of hydrogen-bond donors (Lipinski definition) is 1. The lowest BCUT2D eigenvalue weighted by Crippen LogP contribution is -2.29. The highest BCUT2D eigenvalue weighted by Gasteiger charge is 2.29. The maximum atomic E-state index is 12.4. The van der Waals surface area contributed by atoms with E-state index in [9.17, 15) is 19.7 Å². The number of nitrogens with one attached hydrogen (secondary N) is 1. The number of ketones is 1. The molecule has 0 saturated heterocycles. The van der Waals surface area contributed by atoms with Crippen LogP contribution in [0.3, 0.4) is 0 Å². The molecule has 1 aromatic rings. The lowest BCUT2D eigenvalue weighted by molar-refractivity contribution is -0.385. The molecule has 7 heteroatoms. The molecule has 2 rings (SSSR count). The van der Waals surface area contributed by atoms with Crippen molar-refractivity contribution in [3.05, 3.63) is 27.8 Å². The molecule has 1 fully saturated rings. The summed E-state index contributed by atoms with van der Waals surface area (Å²) in [7, 11) is 1.35. The van der Waals surface area contributed by atoms with Crippen LogP contribution in [0.4, 0.5) is 11.4 Å². The molecule has 0 aromatic heterocycles. The average molecular weight is 334 g/mol. The van der Waals surface area contributed by atoms with E-state index in [0.29, 0.717) is 24.1 Å². The van der Waals surface area contributed by atoms with Crippen LogP contribution in [0.15, 0.2) is 12.1 Å². The standard InChI is InChI=1S/C17H22N2O5/c1-10-8-15(19(22)23)16(24-3)9-14(10)18-17(21)13-6-4-12(5-7-13)11(2)20/h8-9,12-13H,4-7H2,1-3H3,(H,18,21)/t12-,13-. The number of amides is 1. The normalized spacial score (nSPS) is 20.3. The van der Waals surface area contributed by atoms with Crippen LogP contribution >= 0.6 is 0 Å². The van der Waals surface area contributed by atoms with Crippen LogP contribution in [0.2, 0.25) is 0 Å². The smallest absolute Gasteiger partial charge is 0.311 e. The Morgan fingerprint density at radius 2 is 1.79 bits per heavy atom. The van der Waals surface area contributed by atoms with Gasteiger partial charge in [-0.1, -0.05) is 0 Å². The number of rotatable bonds is 5. The van der Waals surface area contributed by atoms with Crippen LogP contribution in [0, 0.1) is 28.9 Å². The summed E-state index contributed by atoms with van der Waals surface area (Å²) in [4.78, 5) is 34.3. The van der Waals surface area contributed by atoms with Crippen molar-refractivity contribution in [2.75, 3.05) is 12.4 Å². The lowest BCUT2D eigenvalue weighted by Gasteiger charge is -2.26. The molecule has 0 spiro atoms. The summed E-state index contributed by atoms with van der Waals surface area (Å²) in [5.41, 5.74) is 0.986. The van der Waals surface area contributed by atoms with Crippen LogP contribution in [-0.2, 0) is 9.59 Å². The fourth-order valence-corrected chi connectivity index (χ4v) is 3.11. The molecule has 0 bridgehead atoms. The first-order valence-electron chi connectivity index (χ1n) is 7.97. The Balaban J connectivity index is 2.09. The van der Waals surface area contributed by atoms with E-state index in [1.165, 1.54) is 19.2 Å². The first-order chi connectivity index (χ1) is 11.3. The monoisotopic (exact) mass is 334 g/mol. The number of benzene rings is 1. The quantitative estimate of drug-likeness (QED) is 0.658. The van der Waals surface area contributed by atoms with Crippen molar-refractivity contribution in [3.8, 4) is 5.75 Å². The van der Waals surface area contributed by atoms with Gasteiger partial charge in [0.1, 0.15) is 5.78 Å². The van der Waals surface area contributed by atoms with E-state index in [1.807, 2.05) is 0 Å². The van der Waals surface area contributed by atoms with Gasteiger partial charge in [-0.25, -0.2) is 0 Å². The van der Waals surface area contributed by atoms with Gasteiger partial charge in [0.15, 0.2) is 5.75 Å². The molecule has 0 heterocycles. The second kappa shape index (κ2) is 7.42. The van der Waals surface area contributed by atoms with Crippen LogP contribution in [0.1, 0.15) is 38.2 Å². The minimum atomic E-state index is -0.513. The van der Waals surface area contributed by atoms with E-state index in [0.717, 1.165) is 12.8 Å². The van der Waals surface area contributed by atoms with E-state index in [-0.39, 0.29) is 35.0 Å². The Morgan fingerprint density at radius 1 is 1.21 bits per heavy atom. The van der Waals surface area contributed by atoms with E-state index in [2.05, 4.69) is 5.32 Å². The molecule has 1 aromatic carbocycles. The number of methoxy groups -OCH3 is 1. The molecule has 1 N–H and O–H groups in total. The SMILES string of the molecule is COc1cc(NC(=O)[C@H]2CC[C@H](C(C)=O)CC2)c(C)cc1[N+](=O)[O-]. The highest BCUT2D eigenvalue weighted by molar-refractivity contribution is 5.94. The highest BCUT2D eigenvalue weighted by atomic mass is 16.6. The van der Waals surface area contributed by atoms with Gasteiger partial charge in [-0.05, 0) is 45.1 Å². The van der Waals surface area contributed by atoms with Crippen molar-refractivity contribution in [1.82, 2.24) is 0 Å². The molecule has 24 heavy (non-hydrogen) atoms. The molecule has 130 valence electrons. The Labute approximate surface area is 140 Å². The van der Waals surface area contributed by atoms with Gasteiger partial charge in [0, 0.05) is 29.7 Å². The molecular formula is C17H22N2O5. The predicted octanol–water partition coefficient (Wildman–Crippen LogP) is 3.25. The second-order valence-electron chi connectivity index (χ2n) is 6.24. The fourth-order valence-electron chi connectivity index (χ4n) is 3.11. The van der Waals surface area contributed by atoms with Gasteiger partial charge in [-0.15, -0.1) is 0 Å². The largest absolute Gasteiger partial charge is 0.490 e. The van der Waals surface area contributed by atoms with Crippen molar-refractivity contribution in [2.45, 2.75) is 39.5 Å². The fraction of sp³-hybridized carbons (Fsp3) is 0.529. The Bertz CT molecular complexity index is 663. The summed E-state index contributed by atoms with van der Waals surface area (Å²) in [6.07, 6.45) is 2.82. The van der Waals surface area contributed by atoms with E-state index in [4.69, 9.17) is 4.74 Å². The van der Waals surface area contributed by atoms with Gasteiger partial charge >= 0.3 is 5.69 Å². The molecular weight excluding hydrogens is 312 g/mol. The minimum Gasteiger partial charge on any atom is -0.490 e. The van der Waals surface area contributed by atoms with Crippen LogP contribution in [0.5, 0.6) is 5.75 Å². The zero-order valence-corrected chi connectivity index (χ0v) is 14.1. The molecule has 1 saturated carbocycles. The number of nitrogens with zero attached hydrogens (tertiary/aromatic N) is 1. The number of aryl methyl sites for hydroxylation is 1. The molecule has 7 nitrogen and oxygen atoms in total. The van der Waals surface area contributed by atoms with Gasteiger partial charge in [-0.3, -0.25) is 19.7 Å². The van der Waals surface area contributed by atoms with Crippen LogP contribution < -0.4 is 10.1 Å². The molecule has 0 unspecified atom stereocenters. The van der Waals surface area contributed by atoms with Crippen LogP contribution in [0.25, 0.3) is 0 Å². The topological polar surface area (TPSA) is 98.5 Å². The van der Waals surface area contributed by atoms with Gasteiger partial charge < -0.3 is 10.1 Å². The molecule has 0 radical (unpaired) electrons. The number of carbonyl (C=O) groups excluding carboxylic acids is 2. The van der Waals surface area contributed by atoms with E-state index < -0.39 is 4.92 Å². The highest BCUT2D eigenvalue weighted by Crippen LogP contribution is 2.34. The third-order valence-electron chi connectivity index (χ3n) is 4.65. The Kier molecular flexibility index (Phi) is 5.54. The van der Waals surface area contributed by atoms with E-state index >= 15 is 0 Å². The Hall–Kier alpha value is -2.44. The van der Waals surface area contributed by atoms with E-state index in [1.54, 1.807) is 13.8 Å². The Morgan fingerprint density at radius 3 is 2.29 bits per heavy atom. The molecule has 1 amide bonds. The zero-order chi connectivity index (χ0) is 17.9. The number of anilines is 1. The first kappa shape index (κ1) is 17.9. The van der Waals surface area contributed by atoms with Gasteiger partial charge in [0.05, 0.1) is 12.0 Å². The summed E-state index contributed by atoms with van der Waals surface area (Å²) in [5, 5.41) is 13.8. The summed E-state index contributed by atoms with van der Waals surface area (Å²) in [5.74, 6) is 0.110. The van der Waals surface area contributed by atoms with Crippen LogP contribution in [-0.4, -0.2) is 23.7 Å². The molecule has 1 aliphatic rings. The number of ether oxygens (including phenoxy) is 1. The summed E-state index contributed by atoms with van der Waals surface area (Å²) in [6, 6.07) is 2.87. The average Bonchev–Trinajstić information content (AvgIpc) is 2.56. The second-order valence-corrected chi connectivity index (χ2v) is 6.24. The van der Waals surface area contributed by atoms with Gasteiger partial charge in [0.2, 0.25) is 5.91 Å². The number of nitro benzene ring substituents is 1. The summed E-state index contributed by atoms with van der Waals surface area (Å²) in [6.45, 7) is 3.30. The number of hydrogen-bond acceptors (Lipinski definition) is 5. The number of carbonyl (C=O) groups is 2. The third-order valence-corrected chi connectivity index (χ3v) is 4.65. The van der Waals surface area contributed by atoms with Crippen molar-refractivity contribution in [1.29, 1.82) is 0 Å². The molecule has 0 aliphatic heterocycles. The minimum absolute atomic E-state index is 0.0651. The third kappa shape index (κ3) is 3.90. The maximum Gasteiger partial charge on any atom is 0.311 e. The van der Waals surface area contributed by atoms with Gasteiger partial charge in [-0.2, -0.15) is 0 Å². The van der Waals surface area contributed by atoms with Crippen molar-refractivity contribution in [3.63, 3.8) is 0 Å². The number of Topliss-reactive ketones (excluding diaryl/α,β-unsaturated/α-hetero) is 1. The summed E-state index contributed by atoms with van der Waals surface area (Å²) < 4.78 is 5.04. The van der Waals surface area contributed by atoms with Crippen molar-refractivity contribution >= 4 is 23.1 Å². The first-order valence-corrected chi connectivity index (χ1v) is 7.97. The zero-order valence-electron chi connectivity index (χ0n) is 14.1. The summed E-state index contributed by atoms with van der Waals surface area (Å²) >= 11 is 0. The van der Waals surface area contributed by atoms with Crippen molar-refractivity contribution in [2.24, 2.45) is 11.8 Å². The predicted molar refractivity (Wildman–Crippen MR) is 89.1 cm³/mol. The van der Waals surface area contributed by atoms with Crippen molar-refractivity contribution < 1.29 is 19.2 Å². The maximum absolute atomic E-state index is 12.4. The lowest BCUT2D eigenvalue weighted by atomic mass is 9.80. The molecule has 0 atom stereocenters. The molecule has 1 aliphatic carbocycles. The van der Waals surface area contributed by atoms with Gasteiger partial charge in [0.25, 0.3) is 0 Å². The number of nitro groups is 1.